The number of hydrazone groups is 1. The lowest BCUT2D eigenvalue weighted by Gasteiger charge is -2.33. The van der Waals surface area contributed by atoms with Crippen LogP contribution in [-0.2, 0) is 14.4 Å². The average molecular weight is 501 g/mol. The van der Waals surface area contributed by atoms with Crippen molar-refractivity contribution in [3.05, 3.63) is 88.9 Å². The van der Waals surface area contributed by atoms with Gasteiger partial charge in [0, 0.05) is 10.7 Å². The second-order valence-corrected chi connectivity index (χ2v) is 9.34. The van der Waals surface area contributed by atoms with Crippen molar-refractivity contribution >= 4 is 46.9 Å². The van der Waals surface area contributed by atoms with Gasteiger partial charge in [0.2, 0.25) is 17.7 Å². The Kier molecular flexibility index (Phi) is 5.26. The fourth-order valence-corrected chi connectivity index (χ4v) is 5.53. The predicted molar refractivity (Wildman–Crippen MR) is 135 cm³/mol. The van der Waals surface area contributed by atoms with Crippen molar-refractivity contribution in [2.24, 2.45) is 16.9 Å². The molecule has 1 unspecified atom stereocenters. The number of carbonyl (C=O) groups is 3. The summed E-state index contributed by atoms with van der Waals surface area (Å²) in [6.07, 6.45) is 1.67. The van der Waals surface area contributed by atoms with Gasteiger partial charge in [0.15, 0.2) is 0 Å². The molecule has 36 heavy (non-hydrogen) atoms. The first-order chi connectivity index (χ1) is 17.5. The van der Waals surface area contributed by atoms with E-state index in [-0.39, 0.29) is 5.91 Å². The lowest BCUT2D eigenvalue weighted by Crippen LogP contribution is -2.46. The third-order valence-corrected chi connectivity index (χ3v) is 7.26. The summed E-state index contributed by atoms with van der Waals surface area (Å²) in [6, 6.07) is 19.5. The Bertz CT molecular complexity index is 1410. The van der Waals surface area contributed by atoms with Crippen molar-refractivity contribution < 1.29 is 19.1 Å². The second-order valence-electron chi connectivity index (χ2n) is 8.90. The van der Waals surface area contributed by atoms with E-state index in [1.807, 2.05) is 24.3 Å². The lowest BCUT2D eigenvalue weighted by molar-refractivity contribution is -0.129. The van der Waals surface area contributed by atoms with Gasteiger partial charge in [-0.05, 0) is 59.7 Å². The summed E-state index contributed by atoms with van der Waals surface area (Å²) in [7, 11) is 1.55. The summed E-state index contributed by atoms with van der Waals surface area (Å²) < 4.78 is 5.21. The smallest absolute Gasteiger partial charge is 0.249 e. The molecule has 0 radical (unpaired) electrons. The van der Waals surface area contributed by atoms with Crippen LogP contribution in [0.2, 0.25) is 5.02 Å². The average Bonchev–Trinajstić information content (AvgIpc) is 3.38. The maximum atomic E-state index is 13.8. The van der Waals surface area contributed by atoms with Gasteiger partial charge in [0.1, 0.15) is 11.8 Å². The molecule has 3 aromatic carbocycles. The van der Waals surface area contributed by atoms with Crippen molar-refractivity contribution in [3.63, 3.8) is 0 Å². The molecule has 0 spiro atoms. The minimum absolute atomic E-state index is 0.348. The van der Waals surface area contributed by atoms with E-state index < -0.39 is 35.7 Å². The van der Waals surface area contributed by atoms with Gasteiger partial charge < -0.3 is 10.1 Å². The molecule has 2 fully saturated rings. The predicted octanol–water partition coefficient (Wildman–Crippen LogP) is 3.87. The van der Waals surface area contributed by atoms with E-state index in [2.05, 4.69) is 10.4 Å². The SMILES string of the molecule is COc1ccc(N2C(=O)[C@H]3[C@@H](C2=O)C2c4ccccc4C=NN2[C@H]3C(=O)Nc2ccc(Cl)cc2)cc1. The van der Waals surface area contributed by atoms with Crippen molar-refractivity contribution in [2.75, 3.05) is 17.3 Å². The summed E-state index contributed by atoms with van der Waals surface area (Å²) >= 11 is 5.98. The van der Waals surface area contributed by atoms with Gasteiger partial charge in [-0.3, -0.25) is 19.4 Å². The second kappa shape index (κ2) is 8.49. The normalized spacial score (nSPS) is 23.8. The molecular weight excluding hydrogens is 480 g/mol. The molecule has 180 valence electrons. The number of rotatable bonds is 4. The van der Waals surface area contributed by atoms with E-state index >= 15 is 0 Å². The quantitative estimate of drug-likeness (QED) is 0.549. The molecule has 9 heteroatoms. The van der Waals surface area contributed by atoms with Crippen LogP contribution in [0.15, 0.2) is 77.9 Å². The number of nitrogens with zero attached hydrogens (tertiary/aromatic N) is 3. The van der Waals surface area contributed by atoms with Crippen molar-refractivity contribution in [3.8, 4) is 5.75 Å². The highest BCUT2D eigenvalue weighted by molar-refractivity contribution is 6.30. The van der Waals surface area contributed by atoms with Crippen molar-refractivity contribution in [2.45, 2.75) is 12.1 Å². The Morgan fingerprint density at radius 1 is 0.944 bits per heavy atom. The Morgan fingerprint density at radius 2 is 1.64 bits per heavy atom. The Balaban J connectivity index is 1.42. The van der Waals surface area contributed by atoms with Gasteiger partial charge in [0.25, 0.3) is 0 Å². The Hall–Kier alpha value is -4.17. The van der Waals surface area contributed by atoms with Crippen LogP contribution in [0.1, 0.15) is 17.2 Å². The molecule has 8 nitrogen and oxygen atoms in total. The number of fused-ring (bicyclic) bond motifs is 5. The number of hydrogen-bond donors (Lipinski definition) is 1. The summed E-state index contributed by atoms with van der Waals surface area (Å²) in [5, 5.41) is 9.58. The van der Waals surface area contributed by atoms with Gasteiger partial charge in [0.05, 0.1) is 36.9 Å². The number of ether oxygens (including phenoxy) is 1. The zero-order valence-electron chi connectivity index (χ0n) is 19.2. The van der Waals surface area contributed by atoms with Gasteiger partial charge in [-0.1, -0.05) is 35.9 Å². The number of anilines is 2. The third-order valence-electron chi connectivity index (χ3n) is 7.00. The zero-order valence-corrected chi connectivity index (χ0v) is 19.9. The molecule has 3 amide bonds. The van der Waals surface area contributed by atoms with Crippen molar-refractivity contribution in [1.29, 1.82) is 0 Å². The highest BCUT2D eigenvalue weighted by Crippen LogP contribution is 2.52. The molecule has 3 aliphatic heterocycles. The van der Waals surface area contributed by atoms with Crippen LogP contribution in [-0.4, -0.2) is 42.1 Å². The van der Waals surface area contributed by atoms with E-state index in [1.54, 1.807) is 66.9 Å². The zero-order chi connectivity index (χ0) is 25.0. The topological polar surface area (TPSA) is 91.3 Å². The number of methoxy groups -OCH3 is 1. The Morgan fingerprint density at radius 3 is 2.36 bits per heavy atom. The van der Waals surface area contributed by atoms with Crippen LogP contribution in [0.5, 0.6) is 5.75 Å². The first-order valence-electron chi connectivity index (χ1n) is 11.5. The molecule has 0 saturated carbocycles. The standard InChI is InChI=1S/C27H21ClN4O4/c1-36-19-12-10-18(11-13-19)31-26(34)21-22(27(31)35)24(25(33)30-17-8-6-16(28)7-9-17)32-23(21)20-5-3-2-4-15(20)14-29-32/h2-14,21-24H,1H3,(H,30,33)/t21-,22+,23?,24-/m1/s1. The van der Waals surface area contributed by atoms with Crippen LogP contribution in [0.3, 0.4) is 0 Å². The first-order valence-corrected chi connectivity index (χ1v) is 11.9. The highest BCUT2D eigenvalue weighted by Gasteiger charge is 2.65. The maximum Gasteiger partial charge on any atom is 0.249 e. The van der Waals surface area contributed by atoms with Crippen LogP contribution in [0.4, 0.5) is 11.4 Å². The molecule has 0 aliphatic carbocycles. The van der Waals surface area contributed by atoms with Crippen molar-refractivity contribution in [1.82, 2.24) is 5.01 Å². The molecule has 2 saturated heterocycles. The molecule has 1 N–H and O–H groups in total. The van der Waals surface area contributed by atoms with Gasteiger partial charge in [-0.15, -0.1) is 0 Å². The summed E-state index contributed by atoms with van der Waals surface area (Å²) in [4.78, 5) is 42.5. The minimum atomic E-state index is -0.972. The molecule has 0 bridgehead atoms. The monoisotopic (exact) mass is 500 g/mol. The van der Waals surface area contributed by atoms with Gasteiger partial charge >= 0.3 is 0 Å². The number of amides is 3. The molecule has 6 rings (SSSR count). The number of carbonyl (C=O) groups excluding carboxylic acids is 3. The minimum Gasteiger partial charge on any atom is -0.497 e. The summed E-state index contributed by atoms with van der Waals surface area (Å²) in [6.45, 7) is 0. The fourth-order valence-electron chi connectivity index (χ4n) is 5.40. The van der Waals surface area contributed by atoms with Gasteiger partial charge in [-0.2, -0.15) is 5.10 Å². The van der Waals surface area contributed by atoms with Crippen LogP contribution >= 0.6 is 11.6 Å². The van der Waals surface area contributed by atoms with E-state index in [0.29, 0.717) is 22.1 Å². The van der Waals surface area contributed by atoms with E-state index in [1.165, 1.54) is 4.90 Å². The number of hydrogen-bond acceptors (Lipinski definition) is 6. The molecule has 3 aliphatic rings. The molecule has 4 atom stereocenters. The van der Waals surface area contributed by atoms with Gasteiger partial charge in [-0.25, -0.2) is 4.90 Å². The molecular formula is C27H21ClN4O4. The Labute approximate surface area is 212 Å². The van der Waals surface area contributed by atoms with E-state index in [9.17, 15) is 14.4 Å². The lowest BCUT2D eigenvalue weighted by atomic mass is 9.85. The summed E-state index contributed by atoms with van der Waals surface area (Å²) in [5.41, 5.74) is 2.70. The van der Waals surface area contributed by atoms with Crippen LogP contribution < -0.4 is 15.0 Å². The fraction of sp³-hybridized carbons (Fsp3) is 0.185. The number of halogens is 1. The molecule has 3 aromatic rings. The largest absolute Gasteiger partial charge is 0.497 e. The number of imide groups is 1. The first kappa shape index (κ1) is 22.3. The number of nitrogens with one attached hydrogen (secondary N) is 1. The van der Waals surface area contributed by atoms with Crippen LogP contribution in [0.25, 0.3) is 0 Å². The van der Waals surface area contributed by atoms with Crippen LogP contribution in [0, 0.1) is 11.8 Å². The molecule has 3 heterocycles. The molecule has 0 aromatic heterocycles. The van der Waals surface area contributed by atoms with E-state index in [0.717, 1.165) is 11.1 Å². The summed E-state index contributed by atoms with van der Waals surface area (Å²) in [5.74, 6) is -2.24. The maximum absolute atomic E-state index is 13.8. The highest BCUT2D eigenvalue weighted by atomic mass is 35.5. The van der Waals surface area contributed by atoms with E-state index in [4.69, 9.17) is 16.3 Å². The number of benzene rings is 3. The third kappa shape index (κ3) is 3.37.